The molecule has 0 amide bonds. The molecule has 9 nitrogen and oxygen atoms in total. The summed E-state index contributed by atoms with van der Waals surface area (Å²) in [5.74, 6) is 1.37. The van der Waals surface area contributed by atoms with Crippen molar-refractivity contribution < 1.29 is 13.2 Å². The summed E-state index contributed by atoms with van der Waals surface area (Å²) < 4.78 is 34.9. The number of H-pyrrole nitrogens is 1. The predicted molar refractivity (Wildman–Crippen MR) is 143 cm³/mol. The lowest BCUT2D eigenvalue weighted by Gasteiger charge is -2.28. The summed E-state index contributed by atoms with van der Waals surface area (Å²) in [6, 6.07) is 20.9. The molecule has 0 radical (unpaired) electrons. The molecule has 2 aromatic heterocycles. The van der Waals surface area contributed by atoms with Gasteiger partial charge in [-0.15, -0.1) is 10.2 Å². The van der Waals surface area contributed by atoms with E-state index in [-0.39, 0.29) is 11.4 Å². The molecule has 0 unspecified atom stereocenters. The van der Waals surface area contributed by atoms with Crippen LogP contribution in [0, 0.1) is 6.92 Å². The fourth-order valence-electron chi connectivity index (χ4n) is 4.68. The van der Waals surface area contributed by atoms with Gasteiger partial charge < -0.3 is 14.6 Å². The van der Waals surface area contributed by atoms with E-state index in [4.69, 9.17) is 4.74 Å². The molecular weight excluding hydrogens is 488 g/mol. The maximum Gasteiger partial charge on any atom is 0.241 e. The molecule has 1 saturated heterocycles. The number of anilines is 1. The van der Waals surface area contributed by atoms with Crippen molar-refractivity contribution in [3.8, 4) is 11.3 Å². The van der Waals surface area contributed by atoms with E-state index in [2.05, 4.69) is 29.8 Å². The minimum absolute atomic E-state index is 0.0532. The maximum absolute atomic E-state index is 13.3. The molecule has 6 rings (SSSR count). The summed E-state index contributed by atoms with van der Waals surface area (Å²) in [5.41, 5.74) is 3.62. The Kier molecular flexibility index (Phi) is 6.07. The highest BCUT2D eigenvalue weighted by Crippen LogP contribution is 2.33. The average Bonchev–Trinajstić information content (AvgIpc) is 3.35. The van der Waals surface area contributed by atoms with Crippen LogP contribution in [0.15, 0.2) is 71.6 Å². The number of morpholine rings is 1. The van der Waals surface area contributed by atoms with Gasteiger partial charge in [-0.05, 0) is 30.7 Å². The quantitative estimate of drug-likeness (QED) is 0.354. The Bertz CT molecular complexity index is 1680. The molecule has 1 aliphatic rings. The molecule has 0 saturated carbocycles. The molecule has 37 heavy (non-hydrogen) atoms. The highest BCUT2D eigenvalue weighted by Gasteiger charge is 2.21. The predicted octanol–water partition coefficient (Wildman–Crippen LogP) is 3.80. The number of nitrogens with zero attached hydrogens (tertiary/aromatic N) is 4. The van der Waals surface area contributed by atoms with Crippen molar-refractivity contribution in [2.45, 2.75) is 18.4 Å². The molecule has 0 spiro atoms. The van der Waals surface area contributed by atoms with Crippen LogP contribution >= 0.6 is 0 Å². The van der Waals surface area contributed by atoms with Gasteiger partial charge >= 0.3 is 0 Å². The van der Waals surface area contributed by atoms with Crippen LogP contribution in [0.3, 0.4) is 0 Å². The van der Waals surface area contributed by atoms with E-state index in [1.165, 1.54) is 0 Å². The summed E-state index contributed by atoms with van der Waals surface area (Å²) in [5, 5.41) is 11.0. The zero-order valence-electron chi connectivity index (χ0n) is 20.3. The van der Waals surface area contributed by atoms with E-state index in [1.54, 1.807) is 19.1 Å². The smallest absolute Gasteiger partial charge is 0.241 e. The van der Waals surface area contributed by atoms with E-state index >= 15 is 0 Å². The number of aryl methyl sites for hydroxylation is 1. The number of hydrogen-bond acceptors (Lipinski definition) is 7. The second-order valence-corrected chi connectivity index (χ2v) is 10.8. The second kappa shape index (κ2) is 9.55. The Balaban J connectivity index is 1.34. The first-order valence-corrected chi connectivity index (χ1v) is 13.6. The molecule has 3 aromatic carbocycles. The van der Waals surface area contributed by atoms with Crippen LogP contribution in [0.25, 0.3) is 33.1 Å². The number of hydrogen-bond donors (Lipinski definition) is 2. The number of aromatic amines is 1. The number of nitrogens with one attached hydrogen (secondary N) is 2. The summed E-state index contributed by atoms with van der Waals surface area (Å²) in [4.78, 5) is 10.00. The monoisotopic (exact) mass is 514 g/mol. The number of imidazole rings is 1. The lowest BCUT2D eigenvalue weighted by molar-refractivity contribution is 0.122. The molecule has 0 atom stereocenters. The molecule has 5 aromatic rings. The zero-order chi connectivity index (χ0) is 25.4. The first-order valence-electron chi connectivity index (χ1n) is 12.1. The van der Waals surface area contributed by atoms with Crippen molar-refractivity contribution >= 4 is 37.6 Å². The van der Waals surface area contributed by atoms with Crippen molar-refractivity contribution in [3.05, 3.63) is 78.1 Å². The maximum atomic E-state index is 13.3. The molecule has 2 N–H and O–H groups in total. The van der Waals surface area contributed by atoms with Gasteiger partial charge in [0, 0.05) is 29.4 Å². The highest BCUT2D eigenvalue weighted by atomic mass is 32.2. The third-order valence-electron chi connectivity index (χ3n) is 6.60. The molecule has 1 fully saturated rings. The summed E-state index contributed by atoms with van der Waals surface area (Å²) >= 11 is 0. The standard InChI is InChI=1S/C27H26N6O3S/c1-18-10-11-19(16-24(18)37(34,35)28-17-25-29-22-8-4-5-9-23(22)30-25)26-20-6-2-3-7-21(20)27(32-31-26)33-12-14-36-15-13-33/h2-11,16,28H,12-15,17H2,1H3,(H,29,30). The largest absolute Gasteiger partial charge is 0.378 e. The lowest BCUT2D eigenvalue weighted by atomic mass is 10.0. The van der Waals surface area contributed by atoms with Gasteiger partial charge in [-0.1, -0.05) is 48.5 Å². The normalized spacial score (nSPS) is 14.5. The van der Waals surface area contributed by atoms with E-state index in [0.717, 1.165) is 40.7 Å². The highest BCUT2D eigenvalue weighted by molar-refractivity contribution is 7.89. The van der Waals surface area contributed by atoms with Gasteiger partial charge in [-0.3, -0.25) is 0 Å². The number of aromatic nitrogens is 4. The SMILES string of the molecule is Cc1ccc(-c2nnc(N3CCOCC3)c3ccccc23)cc1S(=O)(=O)NCc1nc2ccccc2[nH]1. The van der Waals surface area contributed by atoms with Gasteiger partial charge in [0.1, 0.15) is 11.5 Å². The van der Waals surface area contributed by atoms with Gasteiger partial charge in [0.15, 0.2) is 5.82 Å². The van der Waals surface area contributed by atoms with E-state index < -0.39 is 10.0 Å². The Hall–Kier alpha value is -3.86. The summed E-state index contributed by atoms with van der Waals surface area (Å²) in [6.07, 6.45) is 0. The summed E-state index contributed by atoms with van der Waals surface area (Å²) in [6.45, 7) is 4.64. The van der Waals surface area contributed by atoms with Crippen molar-refractivity contribution in [1.82, 2.24) is 24.9 Å². The van der Waals surface area contributed by atoms with E-state index in [9.17, 15) is 8.42 Å². The first-order chi connectivity index (χ1) is 18.0. The molecule has 10 heteroatoms. The van der Waals surface area contributed by atoms with Crippen LogP contribution in [0.2, 0.25) is 0 Å². The van der Waals surface area contributed by atoms with Gasteiger partial charge in [0.2, 0.25) is 10.0 Å². The molecule has 0 bridgehead atoms. The fraction of sp³-hybridized carbons (Fsp3) is 0.222. The van der Waals surface area contributed by atoms with Crippen LogP contribution in [0.5, 0.6) is 0 Å². The first kappa shape index (κ1) is 23.5. The molecule has 1 aliphatic heterocycles. The number of para-hydroxylation sites is 2. The van der Waals surface area contributed by atoms with E-state index in [1.807, 2.05) is 54.6 Å². The van der Waals surface area contributed by atoms with Gasteiger partial charge in [0.05, 0.1) is 35.7 Å². The minimum Gasteiger partial charge on any atom is -0.378 e. The average molecular weight is 515 g/mol. The Labute approximate surface area is 214 Å². The van der Waals surface area contributed by atoms with Crippen LogP contribution in [0.1, 0.15) is 11.4 Å². The summed E-state index contributed by atoms with van der Waals surface area (Å²) in [7, 11) is -3.82. The molecule has 0 aliphatic carbocycles. The molecule has 3 heterocycles. The third kappa shape index (κ3) is 4.55. The number of benzene rings is 3. The Morgan fingerprint density at radius 2 is 1.73 bits per heavy atom. The molecular formula is C27H26N6O3S. The van der Waals surface area contributed by atoms with Gasteiger partial charge in [-0.2, -0.15) is 0 Å². The molecule has 188 valence electrons. The Morgan fingerprint density at radius 3 is 2.54 bits per heavy atom. The van der Waals surface area contributed by atoms with Crippen LogP contribution in [-0.2, 0) is 21.3 Å². The van der Waals surface area contributed by atoms with Crippen LogP contribution in [-0.4, -0.2) is 54.9 Å². The van der Waals surface area contributed by atoms with Gasteiger partial charge in [-0.25, -0.2) is 18.1 Å². The Morgan fingerprint density at radius 1 is 0.973 bits per heavy atom. The van der Waals surface area contributed by atoms with Gasteiger partial charge in [0.25, 0.3) is 0 Å². The van der Waals surface area contributed by atoms with Crippen molar-refractivity contribution in [3.63, 3.8) is 0 Å². The number of rotatable bonds is 6. The van der Waals surface area contributed by atoms with Crippen molar-refractivity contribution in [2.24, 2.45) is 0 Å². The number of ether oxygens (including phenoxy) is 1. The van der Waals surface area contributed by atoms with Crippen LogP contribution < -0.4 is 9.62 Å². The lowest BCUT2D eigenvalue weighted by Crippen LogP contribution is -2.37. The zero-order valence-corrected chi connectivity index (χ0v) is 21.1. The van der Waals surface area contributed by atoms with E-state index in [0.29, 0.717) is 35.9 Å². The minimum atomic E-state index is -3.82. The van der Waals surface area contributed by atoms with Crippen molar-refractivity contribution in [2.75, 3.05) is 31.2 Å². The van der Waals surface area contributed by atoms with Crippen LogP contribution in [0.4, 0.5) is 5.82 Å². The number of fused-ring (bicyclic) bond motifs is 2. The topological polar surface area (TPSA) is 113 Å². The fourth-order valence-corrected chi connectivity index (χ4v) is 5.94. The second-order valence-electron chi connectivity index (χ2n) is 9.02. The van der Waals surface area contributed by atoms with Crippen molar-refractivity contribution in [1.29, 1.82) is 0 Å². The third-order valence-corrected chi connectivity index (χ3v) is 8.14. The number of sulfonamides is 1.